The summed E-state index contributed by atoms with van der Waals surface area (Å²) in [6.45, 7) is 11.5. The highest BCUT2D eigenvalue weighted by molar-refractivity contribution is 14.0. The molecule has 1 aliphatic rings. The van der Waals surface area contributed by atoms with Crippen LogP contribution in [-0.4, -0.2) is 68.3 Å². The van der Waals surface area contributed by atoms with Crippen LogP contribution >= 0.6 is 35.3 Å². The second-order valence-corrected chi connectivity index (χ2v) is 6.42. The molecule has 0 spiro atoms. The number of hydrogen-bond donors (Lipinski definition) is 2. The molecule has 1 aromatic rings. The SMILES string of the molecule is CCNC(=NCCN1CCOCC1)NCCc1csc(CC)n1.I. The van der Waals surface area contributed by atoms with Gasteiger partial charge in [-0.3, -0.25) is 9.89 Å². The zero-order valence-electron chi connectivity index (χ0n) is 14.7. The Bertz CT molecular complexity index is 477. The molecule has 2 rings (SSSR count). The Labute approximate surface area is 166 Å². The fourth-order valence-corrected chi connectivity index (χ4v) is 3.18. The van der Waals surface area contributed by atoms with Crippen LogP contribution in [0.2, 0.25) is 0 Å². The minimum absolute atomic E-state index is 0. The van der Waals surface area contributed by atoms with Crippen LogP contribution in [0.3, 0.4) is 0 Å². The van der Waals surface area contributed by atoms with Crippen molar-refractivity contribution in [3.8, 4) is 0 Å². The number of aromatic nitrogens is 1. The summed E-state index contributed by atoms with van der Waals surface area (Å²) in [6.07, 6.45) is 1.95. The van der Waals surface area contributed by atoms with E-state index in [2.05, 4.69) is 44.7 Å². The molecule has 24 heavy (non-hydrogen) atoms. The van der Waals surface area contributed by atoms with E-state index in [0.717, 1.165) is 71.3 Å². The second-order valence-electron chi connectivity index (χ2n) is 5.48. The van der Waals surface area contributed by atoms with Crippen molar-refractivity contribution in [3.63, 3.8) is 0 Å². The largest absolute Gasteiger partial charge is 0.379 e. The number of aliphatic imine (C=N–C) groups is 1. The number of nitrogens with one attached hydrogen (secondary N) is 2. The number of aryl methyl sites for hydroxylation is 1. The van der Waals surface area contributed by atoms with Gasteiger partial charge < -0.3 is 15.4 Å². The van der Waals surface area contributed by atoms with Crippen LogP contribution in [0.5, 0.6) is 0 Å². The summed E-state index contributed by atoms with van der Waals surface area (Å²) >= 11 is 1.75. The topological polar surface area (TPSA) is 61.8 Å². The number of hydrogen-bond acceptors (Lipinski definition) is 5. The zero-order chi connectivity index (χ0) is 16.3. The average molecular weight is 467 g/mol. The van der Waals surface area contributed by atoms with Gasteiger partial charge in [0.05, 0.1) is 30.5 Å². The highest BCUT2D eigenvalue weighted by Gasteiger charge is 2.09. The molecule has 0 bridgehead atoms. The highest BCUT2D eigenvalue weighted by atomic mass is 127. The molecule has 0 amide bonds. The van der Waals surface area contributed by atoms with Crippen LogP contribution in [0.1, 0.15) is 24.5 Å². The Balaban J connectivity index is 0.00000288. The maximum atomic E-state index is 5.36. The van der Waals surface area contributed by atoms with Crippen molar-refractivity contribution in [2.24, 2.45) is 4.99 Å². The first kappa shape index (κ1) is 21.6. The predicted molar refractivity (Wildman–Crippen MR) is 112 cm³/mol. The van der Waals surface area contributed by atoms with E-state index in [0.29, 0.717) is 0 Å². The van der Waals surface area contributed by atoms with Crippen molar-refractivity contribution in [2.75, 3.05) is 52.5 Å². The molecule has 2 heterocycles. The quantitative estimate of drug-likeness (QED) is 0.347. The van der Waals surface area contributed by atoms with Gasteiger partial charge in [0.15, 0.2) is 5.96 Å². The normalized spacial score (nSPS) is 15.8. The van der Waals surface area contributed by atoms with Crippen LogP contribution in [-0.2, 0) is 17.6 Å². The van der Waals surface area contributed by atoms with Crippen LogP contribution in [0.15, 0.2) is 10.4 Å². The third-order valence-electron chi connectivity index (χ3n) is 3.71. The minimum atomic E-state index is 0. The lowest BCUT2D eigenvalue weighted by Crippen LogP contribution is -2.40. The smallest absolute Gasteiger partial charge is 0.191 e. The number of thiazole rings is 1. The molecule has 1 aliphatic heterocycles. The highest BCUT2D eigenvalue weighted by Crippen LogP contribution is 2.10. The lowest BCUT2D eigenvalue weighted by molar-refractivity contribution is 0.0394. The molecule has 0 atom stereocenters. The molecule has 8 heteroatoms. The van der Waals surface area contributed by atoms with Crippen LogP contribution < -0.4 is 10.6 Å². The fraction of sp³-hybridized carbons (Fsp3) is 0.750. The summed E-state index contributed by atoms with van der Waals surface area (Å²) in [5.74, 6) is 0.895. The van der Waals surface area contributed by atoms with E-state index in [4.69, 9.17) is 4.74 Å². The third kappa shape index (κ3) is 8.09. The molecule has 0 aliphatic carbocycles. The fourth-order valence-electron chi connectivity index (χ4n) is 2.40. The van der Waals surface area contributed by atoms with E-state index >= 15 is 0 Å². The van der Waals surface area contributed by atoms with Crippen LogP contribution in [0.4, 0.5) is 0 Å². The number of guanidine groups is 1. The summed E-state index contributed by atoms with van der Waals surface area (Å²) in [5.41, 5.74) is 1.17. The van der Waals surface area contributed by atoms with E-state index in [9.17, 15) is 0 Å². The van der Waals surface area contributed by atoms with Gasteiger partial charge in [0, 0.05) is 44.5 Å². The average Bonchev–Trinajstić information content (AvgIpc) is 3.04. The lowest BCUT2D eigenvalue weighted by Gasteiger charge is -2.25. The summed E-state index contributed by atoms with van der Waals surface area (Å²) in [4.78, 5) is 11.6. The van der Waals surface area contributed by atoms with Crippen molar-refractivity contribution in [3.05, 3.63) is 16.1 Å². The van der Waals surface area contributed by atoms with Gasteiger partial charge in [-0.25, -0.2) is 4.98 Å². The van der Waals surface area contributed by atoms with E-state index in [-0.39, 0.29) is 24.0 Å². The number of rotatable bonds is 8. The van der Waals surface area contributed by atoms with Gasteiger partial charge in [-0.2, -0.15) is 0 Å². The molecule has 1 saturated heterocycles. The van der Waals surface area contributed by atoms with E-state index in [1.54, 1.807) is 11.3 Å². The van der Waals surface area contributed by atoms with Gasteiger partial charge >= 0.3 is 0 Å². The van der Waals surface area contributed by atoms with E-state index in [1.807, 2.05) is 0 Å². The maximum absolute atomic E-state index is 5.36. The lowest BCUT2D eigenvalue weighted by atomic mass is 10.3. The molecule has 1 fully saturated rings. The Morgan fingerprint density at radius 1 is 1.33 bits per heavy atom. The predicted octanol–water partition coefficient (Wildman–Crippen LogP) is 1.75. The Morgan fingerprint density at radius 3 is 2.79 bits per heavy atom. The molecule has 138 valence electrons. The zero-order valence-corrected chi connectivity index (χ0v) is 17.9. The summed E-state index contributed by atoms with van der Waals surface area (Å²) in [6, 6.07) is 0. The Hall–Kier alpha value is -0.450. The number of nitrogens with zero attached hydrogens (tertiary/aromatic N) is 3. The molecule has 1 aromatic heterocycles. The van der Waals surface area contributed by atoms with Gasteiger partial charge in [0.1, 0.15) is 0 Å². The molecule has 6 nitrogen and oxygen atoms in total. The Morgan fingerprint density at radius 2 is 2.12 bits per heavy atom. The van der Waals surface area contributed by atoms with Gasteiger partial charge in [0.2, 0.25) is 0 Å². The van der Waals surface area contributed by atoms with Crippen molar-refractivity contribution >= 4 is 41.3 Å². The third-order valence-corrected chi connectivity index (χ3v) is 4.75. The molecular formula is C16H30IN5OS. The molecule has 0 unspecified atom stereocenters. The van der Waals surface area contributed by atoms with Gasteiger partial charge in [0.25, 0.3) is 0 Å². The Kier molecular flexibility index (Phi) is 11.6. The van der Waals surface area contributed by atoms with Crippen LogP contribution in [0, 0.1) is 0 Å². The van der Waals surface area contributed by atoms with Crippen molar-refractivity contribution in [2.45, 2.75) is 26.7 Å². The first-order valence-electron chi connectivity index (χ1n) is 8.57. The van der Waals surface area contributed by atoms with Crippen molar-refractivity contribution in [1.82, 2.24) is 20.5 Å². The van der Waals surface area contributed by atoms with Crippen molar-refractivity contribution in [1.29, 1.82) is 0 Å². The number of morpholine rings is 1. The minimum Gasteiger partial charge on any atom is -0.379 e. The summed E-state index contributed by atoms with van der Waals surface area (Å²) < 4.78 is 5.36. The maximum Gasteiger partial charge on any atom is 0.191 e. The summed E-state index contributed by atoms with van der Waals surface area (Å²) in [5, 5.41) is 10.1. The first-order chi connectivity index (χ1) is 11.3. The molecule has 0 radical (unpaired) electrons. The van der Waals surface area contributed by atoms with E-state index < -0.39 is 0 Å². The van der Waals surface area contributed by atoms with Gasteiger partial charge in [-0.05, 0) is 13.3 Å². The van der Waals surface area contributed by atoms with E-state index in [1.165, 1.54) is 10.7 Å². The van der Waals surface area contributed by atoms with Gasteiger partial charge in [-0.1, -0.05) is 6.92 Å². The molecule has 0 aromatic carbocycles. The second kappa shape index (κ2) is 12.8. The van der Waals surface area contributed by atoms with Crippen LogP contribution in [0.25, 0.3) is 0 Å². The number of ether oxygens (including phenoxy) is 1. The number of halogens is 1. The summed E-state index contributed by atoms with van der Waals surface area (Å²) in [7, 11) is 0. The standard InChI is InChI=1S/C16H29N5OS.HI/c1-3-15-20-14(13-23-15)5-6-18-16(17-4-2)19-7-8-21-9-11-22-12-10-21;/h13H,3-12H2,1-2H3,(H2,17,18,19);1H. The monoisotopic (exact) mass is 467 g/mol. The molecule has 0 saturated carbocycles. The molecular weight excluding hydrogens is 437 g/mol. The molecule has 2 N–H and O–H groups in total. The van der Waals surface area contributed by atoms with Crippen molar-refractivity contribution < 1.29 is 4.74 Å². The first-order valence-corrected chi connectivity index (χ1v) is 9.45. The van der Waals surface area contributed by atoms with Gasteiger partial charge in [-0.15, -0.1) is 35.3 Å².